The molecule has 0 radical (unpaired) electrons. The third-order valence-corrected chi connectivity index (χ3v) is 5.44. The minimum absolute atomic E-state index is 0.0282. The van der Waals surface area contributed by atoms with Crippen LogP contribution in [0.3, 0.4) is 0 Å². The summed E-state index contributed by atoms with van der Waals surface area (Å²) in [5.41, 5.74) is 2.78. The Balaban J connectivity index is 1.50. The van der Waals surface area contributed by atoms with E-state index < -0.39 is 0 Å². The monoisotopic (exact) mass is 420 g/mol. The quantitative estimate of drug-likeness (QED) is 0.566. The van der Waals surface area contributed by atoms with E-state index in [9.17, 15) is 4.79 Å². The maximum absolute atomic E-state index is 12.0. The first-order valence-electron chi connectivity index (χ1n) is 8.33. The number of hydrogen-bond acceptors (Lipinski definition) is 4. The van der Waals surface area contributed by atoms with Gasteiger partial charge in [-0.1, -0.05) is 53.5 Å². The Morgan fingerprint density at radius 2 is 1.89 bits per heavy atom. The fraction of sp³-hybridized carbons (Fsp3) is 0.200. The van der Waals surface area contributed by atoms with E-state index in [2.05, 4.69) is 10.3 Å². The van der Waals surface area contributed by atoms with Crippen LogP contribution in [-0.4, -0.2) is 17.5 Å². The highest BCUT2D eigenvalue weighted by atomic mass is 35.5. The molecule has 0 bridgehead atoms. The number of aryl methyl sites for hydroxylation is 1. The summed E-state index contributed by atoms with van der Waals surface area (Å²) in [5.74, 6) is -0.192. The Labute approximate surface area is 172 Å². The van der Waals surface area contributed by atoms with Gasteiger partial charge in [0.15, 0.2) is 0 Å². The van der Waals surface area contributed by atoms with E-state index in [1.54, 1.807) is 17.4 Å². The van der Waals surface area contributed by atoms with Crippen LogP contribution in [0.5, 0.6) is 0 Å². The Hall–Kier alpha value is -1.92. The van der Waals surface area contributed by atoms with Crippen LogP contribution in [0, 0.1) is 6.92 Å². The first kappa shape index (κ1) is 19.8. The highest BCUT2D eigenvalue weighted by Crippen LogP contribution is 2.28. The van der Waals surface area contributed by atoms with Crippen molar-refractivity contribution >= 4 is 40.4 Å². The van der Waals surface area contributed by atoms with Crippen LogP contribution < -0.4 is 5.32 Å². The van der Waals surface area contributed by atoms with Crippen LogP contribution in [0.25, 0.3) is 11.3 Å². The molecule has 3 aromatic rings. The topological polar surface area (TPSA) is 51.2 Å². The fourth-order valence-corrected chi connectivity index (χ4v) is 3.71. The third kappa shape index (κ3) is 5.53. The predicted molar refractivity (Wildman–Crippen MR) is 110 cm³/mol. The lowest BCUT2D eigenvalue weighted by Gasteiger charge is -2.06. The molecular formula is C20H18Cl2N2O2S. The molecule has 1 amide bonds. The molecule has 4 nitrogen and oxygen atoms in total. The van der Waals surface area contributed by atoms with E-state index in [4.69, 9.17) is 27.9 Å². The molecule has 7 heteroatoms. The van der Waals surface area contributed by atoms with Crippen LogP contribution in [0.15, 0.2) is 48.5 Å². The Kier molecular flexibility index (Phi) is 6.85. The lowest BCUT2D eigenvalue weighted by molar-refractivity contribution is -0.126. The lowest BCUT2D eigenvalue weighted by atomic mass is 10.1. The molecule has 27 heavy (non-hydrogen) atoms. The van der Waals surface area contributed by atoms with Gasteiger partial charge in [-0.3, -0.25) is 4.79 Å². The highest BCUT2D eigenvalue weighted by Gasteiger charge is 2.11. The maximum atomic E-state index is 12.0. The van der Waals surface area contributed by atoms with Crippen molar-refractivity contribution in [1.82, 2.24) is 10.3 Å². The number of benzene rings is 2. The molecule has 1 N–H and O–H groups in total. The molecule has 0 unspecified atom stereocenters. The maximum Gasteiger partial charge on any atom is 0.246 e. The Morgan fingerprint density at radius 1 is 1.15 bits per heavy atom. The number of thiazole rings is 1. The summed E-state index contributed by atoms with van der Waals surface area (Å²) in [6, 6.07) is 15.0. The van der Waals surface area contributed by atoms with E-state index in [0.29, 0.717) is 23.2 Å². The molecule has 0 saturated heterocycles. The molecule has 0 atom stereocenters. The van der Waals surface area contributed by atoms with Gasteiger partial charge in [0.05, 0.1) is 18.8 Å². The van der Waals surface area contributed by atoms with Crippen molar-refractivity contribution in [2.24, 2.45) is 0 Å². The molecule has 0 saturated carbocycles. The highest BCUT2D eigenvalue weighted by molar-refractivity contribution is 7.12. The zero-order valence-corrected chi connectivity index (χ0v) is 17.0. The zero-order valence-electron chi connectivity index (χ0n) is 14.7. The van der Waals surface area contributed by atoms with E-state index in [-0.39, 0.29) is 12.5 Å². The second-order valence-corrected chi connectivity index (χ2v) is 8.01. The average Bonchev–Trinajstić information content (AvgIpc) is 3.03. The van der Waals surface area contributed by atoms with Crippen molar-refractivity contribution < 1.29 is 9.53 Å². The number of nitrogens with zero attached hydrogens (tertiary/aromatic N) is 1. The van der Waals surface area contributed by atoms with Crippen molar-refractivity contribution in [1.29, 1.82) is 0 Å². The smallest absolute Gasteiger partial charge is 0.246 e. The van der Waals surface area contributed by atoms with Gasteiger partial charge in [-0.05, 0) is 30.7 Å². The van der Waals surface area contributed by atoms with Gasteiger partial charge >= 0.3 is 0 Å². The van der Waals surface area contributed by atoms with Crippen LogP contribution in [0.1, 0.15) is 15.4 Å². The summed E-state index contributed by atoms with van der Waals surface area (Å²) in [6.07, 6.45) is 0. The number of hydrogen-bond donors (Lipinski definition) is 1. The largest absolute Gasteiger partial charge is 0.367 e. The lowest BCUT2D eigenvalue weighted by Crippen LogP contribution is -2.27. The van der Waals surface area contributed by atoms with E-state index in [0.717, 1.165) is 26.7 Å². The standard InChI is InChI=1S/C20H18Cl2N2O2S/c1-13-20(14-6-8-16(21)9-7-14)24-19(27-13)10-23-18(25)12-26-11-15-4-2-3-5-17(15)22/h2-9H,10-12H2,1H3,(H,23,25). The number of carbonyl (C=O) groups excluding carboxylic acids is 1. The van der Waals surface area contributed by atoms with Gasteiger partial charge in [0, 0.05) is 20.5 Å². The normalized spacial score (nSPS) is 10.8. The summed E-state index contributed by atoms with van der Waals surface area (Å²) in [5, 5.41) is 5.00. The molecule has 1 heterocycles. The Morgan fingerprint density at radius 3 is 2.63 bits per heavy atom. The average molecular weight is 421 g/mol. The zero-order chi connectivity index (χ0) is 19.2. The predicted octanol–water partition coefficient (Wildman–Crippen LogP) is 5.26. The van der Waals surface area contributed by atoms with E-state index in [1.807, 2.05) is 49.4 Å². The number of ether oxygens (including phenoxy) is 1. The van der Waals surface area contributed by atoms with Crippen molar-refractivity contribution in [2.45, 2.75) is 20.1 Å². The molecule has 0 aliphatic rings. The van der Waals surface area contributed by atoms with Gasteiger partial charge < -0.3 is 10.1 Å². The fourth-order valence-electron chi connectivity index (χ4n) is 2.50. The molecule has 3 rings (SSSR count). The van der Waals surface area contributed by atoms with E-state index >= 15 is 0 Å². The van der Waals surface area contributed by atoms with Gasteiger partial charge in [0.2, 0.25) is 5.91 Å². The minimum atomic E-state index is -0.192. The second kappa shape index (κ2) is 9.33. The van der Waals surface area contributed by atoms with Crippen molar-refractivity contribution in [3.8, 4) is 11.3 Å². The Bertz CT molecular complexity index is 926. The van der Waals surface area contributed by atoms with Crippen molar-refractivity contribution in [3.63, 3.8) is 0 Å². The van der Waals surface area contributed by atoms with Crippen LogP contribution >= 0.6 is 34.5 Å². The van der Waals surface area contributed by atoms with Gasteiger partial charge in [-0.15, -0.1) is 11.3 Å². The summed E-state index contributed by atoms with van der Waals surface area (Å²) in [6.45, 7) is 2.65. The SMILES string of the molecule is Cc1sc(CNC(=O)COCc2ccccc2Cl)nc1-c1ccc(Cl)cc1. The number of amides is 1. The summed E-state index contributed by atoms with van der Waals surface area (Å²) in [4.78, 5) is 17.7. The molecule has 1 aromatic heterocycles. The first-order chi connectivity index (χ1) is 13.0. The molecule has 0 fully saturated rings. The summed E-state index contributed by atoms with van der Waals surface area (Å²) >= 11 is 13.6. The first-order valence-corrected chi connectivity index (χ1v) is 9.90. The van der Waals surface area contributed by atoms with Crippen molar-refractivity contribution in [2.75, 3.05) is 6.61 Å². The van der Waals surface area contributed by atoms with Crippen LogP contribution in [-0.2, 0) is 22.7 Å². The summed E-state index contributed by atoms with van der Waals surface area (Å²) < 4.78 is 5.43. The molecule has 0 aliphatic carbocycles. The van der Waals surface area contributed by atoms with E-state index in [1.165, 1.54) is 0 Å². The van der Waals surface area contributed by atoms with Gasteiger partial charge in [-0.25, -0.2) is 4.98 Å². The number of carbonyl (C=O) groups is 1. The minimum Gasteiger partial charge on any atom is -0.367 e. The third-order valence-electron chi connectivity index (χ3n) is 3.84. The number of halogens is 2. The molecule has 0 spiro atoms. The van der Waals surface area contributed by atoms with Crippen LogP contribution in [0.4, 0.5) is 0 Å². The molecule has 0 aliphatic heterocycles. The molecule has 140 valence electrons. The molecule has 2 aromatic carbocycles. The van der Waals surface area contributed by atoms with Crippen molar-refractivity contribution in [3.05, 3.63) is 74.0 Å². The van der Waals surface area contributed by atoms with Gasteiger partial charge in [-0.2, -0.15) is 0 Å². The van der Waals surface area contributed by atoms with Gasteiger partial charge in [0.1, 0.15) is 11.6 Å². The van der Waals surface area contributed by atoms with Crippen LogP contribution in [0.2, 0.25) is 10.0 Å². The number of nitrogens with one attached hydrogen (secondary N) is 1. The number of aromatic nitrogens is 1. The number of rotatable bonds is 7. The van der Waals surface area contributed by atoms with Gasteiger partial charge in [0.25, 0.3) is 0 Å². The second-order valence-electron chi connectivity index (χ2n) is 5.88. The summed E-state index contributed by atoms with van der Waals surface area (Å²) in [7, 11) is 0. The molecular weight excluding hydrogens is 403 g/mol.